The van der Waals surface area contributed by atoms with Crippen molar-refractivity contribution in [2.45, 2.75) is 12.3 Å². The first-order valence-electron chi connectivity index (χ1n) is 5.20. The molecule has 2 rings (SSSR count). The van der Waals surface area contributed by atoms with E-state index >= 15 is 0 Å². The number of halogens is 4. The summed E-state index contributed by atoms with van der Waals surface area (Å²) in [6.07, 6.45) is -2.46. The summed E-state index contributed by atoms with van der Waals surface area (Å²) < 4.78 is 51.1. The van der Waals surface area contributed by atoms with E-state index < -0.39 is 29.2 Å². The zero-order valence-corrected chi connectivity index (χ0v) is 9.39. The second-order valence-electron chi connectivity index (χ2n) is 3.77. The van der Waals surface area contributed by atoms with Gasteiger partial charge in [-0.05, 0) is 18.2 Å². The molecule has 1 aromatic carbocycles. The topological polar surface area (TPSA) is 46.0 Å². The van der Waals surface area contributed by atoms with Crippen LogP contribution in [0.1, 0.15) is 22.9 Å². The molecule has 0 spiro atoms. The third-order valence-corrected chi connectivity index (χ3v) is 2.48. The quantitative estimate of drug-likeness (QED) is 0.855. The first-order chi connectivity index (χ1) is 8.89. The van der Waals surface area contributed by atoms with Crippen LogP contribution in [0, 0.1) is 5.82 Å². The van der Waals surface area contributed by atoms with Gasteiger partial charge in [0, 0.05) is 18.0 Å². The molecule has 0 saturated carbocycles. The Balaban J connectivity index is 2.45. The fourth-order valence-electron chi connectivity index (χ4n) is 1.54. The summed E-state index contributed by atoms with van der Waals surface area (Å²) >= 11 is 0. The molecule has 0 radical (unpaired) electrons. The number of aromatic nitrogens is 2. The van der Waals surface area contributed by atoms with E-state index in [-0.39, 0.29) is 5.69 Å². The third-order valence-electron chi connectivity index (χ3n) is 2.48. The van der Waals surface area contributed by atoms with Crippen molar-refractivity contribution in [1.29, 1.82) is 0 Å². The van der Waals surface area contributed by atoms with E-state index in [1.54, 1.807) is 0 Å². The van der Waals surface area contributed by atoms with Crippen molar-refractivity contribution in [1.82, 2.24) is 9.97 Å². The van der Waals surface area contributed by atoms with Crippen LogP contribution in [0.3, 0.4) is 0 Å². The van der Waals surface area contributed by atoms with Crippen LogP contribution in [-0.2, 0) is 6.18 Å². The third kappa shape index (κ3) is 2.87. The Labute approximate surface area is 105 Å². The predicted octanol–water partition coefficient (Wildman–Crippen LogP) is 2.72. The van der Waals surface area contributed by atoms with Crippen LogP contribution in [0.15, 0.2) is 36.8 Å². The van der Waals surface area contributed by atoms with Gasteiger partial charge < -0.3 is 5.11 Å². The van der Waals surface area contributed by atoms with E-state index in [0.29, 0.717) is 18.2 Å². The highest BCUT2D eigenvalue weighted by Crippen LogP contribution is 2.32. The van der Waals surface area contributed by atoms with Gasteiger partial charge >= 0.3 is 6.18 Å². The molecule has 1 unspecified atom stereocenters. The SMILES string of the molecule is OC(c1cnccn1)c1cc(C(F)(F)F)ccc1F. The highest BCUT2D eigenvalue weighted by Gasteiger charge is 2.32. The molecule has 0 amide bonds. The van der Waals surface area contributed by atoms with Crippen LogP contribution in [0.5, 0.6) is 0 Å². The Morgan fingerprint density at radius 1 is 1.16 bits per heavy atom. The van der Waals surface area contributed by atoms with Crippen LogP contribution < -0.4 is 0 Å². The molecular formula is C12H8F4N2O. The number of nitrogens with zero attached hydrogens (tertiary/aromatic N) is 2. The summed E-state index contributed by atoms with van der Waals surface area (Å²) in [5, 5.41) is 9.85. The van der Waals surface area contributed by atoms with E-state index in [4.69, 9.17) is 0 Å². The number of alkyl halides is 3. The van der Waals surface area contributed by atoms with Crippen LogP contribution in [-0.4, -0.2) is 15.1 Å². The molecule has 1 heterocycles. The molecule has 0 fully saturated rings. The maximum Gasteiger partial charge on any atom is 0.416 e. The second-order valence-corrected chi connectivity index (χ2v) is 3.77. The smallest absolute Gasteiger partial charge is 0.382 e. The van der Waals surface area contributed by atoms with Crippen LogP contribution in [0.4, 0.5) is 17.6 Å². The lowest BCUT2D eigenvalue weighted by atomic mass is 10.0. The molecule has 3 nitrogen and oxygen atoms in total. The number of aliphatic hydroxyl groups excluding tert-OH is 1. The average molecular weight is 272 g/mol. The molecule has 1 aromatic heterocycles. The van der Waals surface area contributed by atoms with Crippen molar-refractivity contribution in [3.63, 3.8) is 0 Å². The first-order valence-corrected chi connectivity index (χ1v) is 5.20. The van der Waals surface area contributed by atoms with Gasteiger partial charge in [-0.2, -0.15) is 13.2 Å². The summed E-state index contributed by atoms with van der Waals surface area (Å²) in [5.74, 6) is -0.939. The molecular weight excluding hydrogens is 264 g/mol. The summed E-state index contributed by atoms with van der Waals surface area (Å²) in [7, 11) is 0. The standard InChI is InChI=1S/C12H8F4N2O/c13-9-2-1-7(12(14,15)16)5-8(9)11(19)10-6-17-3-4-18-10/h1-6,11,19H. The van der Waals surface area contributed by atoms with Crippen molar-refractivity contribution < 1.29 is 22.7 Å². The summed E-state index contributed by atoms with van der Waals surface area (Å²) in [4.78, 5) is 7.39. The molecule has 1 N–H and O–H groups in total. The molecule has 0 aliphatic carbocycles. The number of aliphatic hydroxyl groups is 1. The lowest BCUT2D eigenvalue weighted by Gasteiger charge is -2.14. The largest absolute Gasteiger partial charge is 0.416 e. The van der Waals surface area contributed by atoms with Crippen LogP contribution in [0.25, 0.3) is 0 Å². The zero-order chi connectivity index (χ0) is 14.0. The van der Waals surface area contributed by atoms with E-state index in [9.17, 15) is 22.7 Å². The molecule has 2 aromatic rings. The Morgan fingerprint density at radius 2 is 1.89 bits per heavy atom. The van der Waals surface area contributed by atoms with Crippen LogP contribution in [0.2, 0.25) is 0 Å². The van der Waals surface area contributed by atoms with Gasteiger partial charge in [0.05, 0.1) is 17.5 Å². The van der Waals surface area contributed by atoms with E-state index in [1.807, 2.05) is 0 Å². The summed E-state index contributed by atoms with van der Waals surface area (Å²) in [6, 6.07) is 1.84. The molecule has 100 valence electrons. The molecule has 0 aliphatic rings. The van der Waals surface area contributed by atoms with Crippen molar-refractivity contribution in [2.24, 2.45) is 0 Å². The minimum Gasteiger partial charge on any atom is -0.382 e. The van der Waals surface area contributed by atoms with Gasteiger partial charge in [-0.25, -0.2) is 4.39 Å². The van der Waals surface area contributed by atoms with Crippen LogP contribution >= 0.6 is 0 Å². The predicted molar refractivity (Wildman–Crippen MR) is 57.5 cm³/mol. The maximum absolute atomic E-state index is 13.5. The normalized spacial score (nSPS) is 13.3. The first kappa shape index (κ1) is 13.4. The number of benzene rings is 1. The van der Waals surface area contributed by atoms with E-state index in [0.717, 1.165) is 6.20 Å². The van der Waals surface area contributed by atoms with Gasteiger partial charge in [0.25, 0.3) is 0 Å². The number of hydrogen-bond donors (Lipinski definition) is 1. The fourth-order valence-corrected chi connectivity index (χ4v) is 1.54. The van der Waals surface area contributed by atoms with Crippen molar-refractivity contribution in [3.8, 4) is 0 Å². The minimum absolute atomic E-state index is 0.0271. The number of hydrogen-bond acceptors (Lipinski definition) is 3. The van der Waals surface area contributed by atoms with Gasteiger partial charge in [-0.1, -0.05) is 0 Å². The maximum atomic E-state index is 13.5. The molecule has 0 aliphatic heterocycles. The molecule has 7 heteroatoms. The molecule has 0 bridgehead atoms. The van der Waals surface area contributed by atoms with Crippen molar-refractivity contribution in [2.75, 3.05) is 0 Å². The van der Waals surface area contributed by atoms with Gasteiger partial charge in [0.15, 0.2) is 0 Å². The molecule has 1 atom stereocenters. The van der Waals surface area contributed by atoms with Crippen molar-refractivity contribution in [3.05, 3.63) is 59.4 Å². The zero-order valence-electron chi connectivity index (χ0n) is 9.39. The second kappa shape index (κ2) is 4.93. The molecule has 0 saturated heterocycles. The average Bonchev–Trinajstić information content (AvgIpc) is 2.38. The highest BCUT2D eigenvalue weighted by molar-refractivity contribution is 5.32. The Hall–Kier alpha value is -2.02. The Kier molecular flexibility index (Phi) is 3.48. The van der Waals surface area contributed by atoms with E-state index in [1.165, 1.54) is 12.4 Å². The fraction of sp³-hybridized carbons (Fsp3) is 0.167. The Morgan fingerprint density at radius 3 is 2.47 bits per heavy atom. The minimum atomic E-state index is -4.61. The van der Waals surface area contributed by atoms with E-state index in [2.05, 4.69) is 9.97 Å². The highest BCUT2D eigenvalue weighted by atomic mass is 19.4. The summed E-state index contributed by atoms with van der Waals surface area (Å²) in [6.45, 7) is 0. The lowest BCUT2D eigenvalue weighted by molar-refractivity contribution is -0.137. The van der Waals surface area contributed by atoms with Gasteiger partial charge in [-0.15, -0.1) is 0 Å². The summed E-state index contributed by atoms with van der Waals surface area (Å²) in [5.41, 5.74) is -1.55. The monoisotopic (exact) mass is 272 g/mol. The lowest BCUT2D eigenvalue weighted by Crippen LogP contribution is -2.10. The molecule has 19 heavy (non-hydrogen) atoms. The Bertz CT molecular complexity index is 572. The number of rotatable bonds is 2. The van der Waals surface area contributed by atoms with Crippen molar-refractivity contribution >= 4 is 0 Å². The van der Waals surface area contributed by atoms with Gasteiger partial charge in [-0.3, -0.25) is 9.97 Å². The van der Waals surface area contributed by atoms with Gasteiger partial charge in [0.1, 0.15) is 11.9 Å². The van der Waals surface area contributed by atoms with Gasteiger partial charge in [0.2, 0.25) is 0 Å².